The summed E-state index contributed by atoms with van der Waals surface area (Å²) in [6.07, 6.45) is 1.68. The minimum absolute atomic E-state index is 0.0622. The average Bonchev–Trinajstić information content (AvgIpc) is 3.14. The molecule has 2 heterocycles. The smallest absolute Gasteiger partial charge is 0.254 e. The summed E-state index contributed by atoms with van der Waals surface area (Å²) in [5, 5.41) is 8.01. The lowest BCUT2D eigenvalue weighted by molar-refractivity contribution is 0.0780. The third-order valence-electron chi connectivity index (χ3n) is 4.54. The molecular formula is C18H25N5O3. The van der Waals surface area contributed by atoms with Gasteiger partial charge in [0.25, 0.3) is 5.91 Å². The standard InChI is InChI=1S/C18H25N5O3/c1-4-22-13-19-20-17(22)12-21(2)18(24)14-5-6-16(25-3)15(11-14)23-7-9-26-10-8-23/h5-6,11,13H,4,7-10,12H2,1-3H3. The molecule has 0 saturated carbocycles. The van der Waals surface area contributed by atoms with E-state index in [1.165, 1.54) is 0 Å². The molecular weight excluding hydrogens is 334 g/mol. The summed E-state index contributed by atoms with van der Waals surface area (Å²) in [4.78, 5) is 16.7. The molecule has 2 aromatic rings. The number of carbonyl (C=O) groups is 1. The molecule has 0 bridgehead atoms. The molecule has 0 N–H and O–H groups in total. The Labute approximate surface area is 153 Å². The van der Waals surface area contributed by atoms with Gasteiger partial charge in [-0.05, 0) is 25.1 Å². The first kappa shape index (κ1) is 18.2. The molecule has 1 fully saturated rings. The van der Waals surface area contributed by atoms with Crippen LogP contribution in [0.15, 0.2) is 24.5 Å². The Hall–Kier alpha value is -2.61. The van der Waals surface area contributed by atoms with Crippen LogP contribution >= 0.6 is 0 Å². The number of amides is 1. The molecule has 1 aliphatic rings. The normalized spacial score (nSPS) is 14.3. The third-order valence-corrected chi connectivity index (χ3v) is 4.54. The highest BCUT2D eigenvalue weighted by Crippen LogP contribution is 2.30. The molecule has 0 spiro atoms. The summed E-state index contributed by atoms with van der Waals surface area (Å²) in [6, 6.07) is 5.54. The van der Waals surface area contributed by atoms with E-state index < -0.39 is 0 Å². The maximum absolute atomic E-state index is 12.9. The van der Waals surface area contributed by atoms with Gasteiger partial charge in [0, 0.05) is 32.2 Å². The van der Waals surface area contributed by atoms with Gasteiger partial charge in [-0.1, -0.05) is 0 Å². The molecule has 1 saturated heterocycles. The SMILES string of the molecule is CCn1cnnc1CN(C)C(=O)c1ccc(OC)c(N2CCOCC2)c1. The van der Waals surface area contributed by atoms with Crippen molar-refractivity contribution in [2.75, 3.05) is 45.4 Å². The van der Waals surface area contributed by atoms with Gasteiger partial charge in [0.2, 0.25) is 0 Å². The molecule has 1 aromatic carbocycles. The van der Waals surface area contributed by atoms with Crippen molar-refractivity contribution in [3.63, 3.8) is 0 Å². The monoisotopic (exact) mass is 359 g/mol. The average molecular weight is 359 g/mol. The van der Waals surface area contributed by atoms with Crippen molar-refractivity contribution in [1.82, 2.24) is 19.7 Å². The number of benzene rings is 1. The minimum Gasteiger partial charge on any atom is -0.495 e. The minimum atomic E-state index is -0.0622. The third kappa shape index (κ3) is 3.80. The second-order valence-corrected chi connectivity index (χ2v) is 6.18. The van der Waals surface area contributed by atoms with E-state index in [0.29, 0.717) is 25.3 Å². The Morgan fingerprint density at radius 3 is 2.81 bits per heavy atom. The predicted molar refractivity (Wildman–Crippen MR) is 97.5 cm³/mol. The van der Waals surface area contributed by atoms with Crippen molar-refractivity contribution < 1.29 is 14.3 Å². The summed E-state index contributed by atoms with van der Waals surface area (Å²) < 4.78 is 12.8. The lowest BCUT2D eigenvalue weighted by Gasteiger charge is -2.30. The fourth-order valence-electron chi connectivity index (χ4n) is 3.04. The second kappa shape index (κ2) is 8.18. The van der Waals surface area contributed by atoms with Crippen LogP contribution < -0.4 is 9.64 Å². The highest BCUT2D eigenvalue weighted by molar-refractivity contribution is 5.95. The largest absolute Gasteiger partial charge is 0.495 e. The van der Waals surface area contributed by atoms with Crippen LogP contribution in [0, 0.1) is 0 Å². The number of carbonyl (C=O) groups excluding carboxylic acids is 1. The Balaban J connectivity index is 1.80. The molecule has 0 aliphatic carbocycles. The topological polar surface area (TPSA) is 72.7 Å². The van der Waals surface area contributed by atoms with Gasteiger partial charge in [0.15, 0.2) is 5.82 Å². The molecule has 0 atom stereocenters. The van der Waals surface area contributed by atoms with Crippen molar-refractivity contribution in [3.8, 4) is 5.75 Å². The second-order valence-electron chi connectivity index (χ2n) is 6.18. The van der Waals surface area contributed by atoms with Crippen molar-refractivity contribution >= 4 is 11.6 Å². The Morgan fingerprint density at radius 2 is 2.12 bits per heavy atom. The number of methoxy groups -OCH3 is 1. The predicted octanol–water partition coefficient (Wildman–Crippen LogP) is 1.42. The van der Waals surface area contributed by atoms with Crippen LogP contribution in [0.2, 0.25) is 0 Å². The number of aromatic nitrogens is 3. The van der Waals surface area contributed by atoms with E-state index in [1.54, 1.807) is 31.5 Å². The molecule has 0 unspecified atom stereocenters. The van der Waals surface area contributed by atoms with Gasteiger partial charge < -0.3 is 23.8 Å². The quantitative estimate of drug-likeness (QED) is 0.777. The van der Waals surface area contributed by atoms with Gasteiger partial charge in [-0.15, -0.1) is 10.2 Å². The first-order valence-corrected chi connectivity index (χ1v) is 8.77. The fraction of sp³-hybridized carbons (Fsp3) is 0.500. The van der Waals surface area contributed by atoms with Crippen molar-refractivity contribution in [3.05, 3.63) is 35.9 Å². The zero-order valence-electron chi connectivity index (χ0n) is 15.5. The van der Waals surface area contributed by atoms with Crippen LogP contribution in [0.5, 0.6) is 5.75 Å². The maximum Gasteiger partial charge on any atom is 0.254 e. The van der Waals surface area contributed by atoms with Gasteiger partial charge in [-0.2, -0.15) is 0 Å². The first-order valence-electron chi connectivity index (χ1n) is 8.77. The Bertz CT molecular complexity index is 755. The van der Waals surface area contributed by atoms with Gasteiger partial charge in [-0.25, -0.2) is 0 Å². The maximum atomic E-state index is 12.9. The molecule has 1 amide bonds. The van der Waals surface area contributed by atoms with Crippen LogP contribution in [0.3, 0.4) is 0 Å². The van der Waals surface area contributed by atoms with Gasteiger partial charge >= 0.3 is 0 Å². The van der Waals surface area contributed by atoms with E-state index in [1.807, 2.05) is 23.6 Å². The number of morpholine rings is 1. The number of aryl methyl sites for hydroxylation is 1. The summed E-state index contributed by atoms with van der Waals surface area (Å²) >= 11 is 0. The highest BCUT2D eigenvalue weighted by Gasteiger charge is 2.20. The Morgan fingerprint density at radius 1 is 1.35 bits per heavy atom. The number of hydrogen-bond acceptors (Lipinski definition) is 6. The van der Waals surface area contributed by atoms with Crippen LogP contribution in [-0.2, 0) is 17.8 Å². The highest BCUT2D eigenvalue weighted by atomic mass is 16.5. The summed E-state index contributed by atoms with van der Waals surface area (Å²) in [7, 11) is 3.42. The van der Waals surface area contributed by atoms with E-state index in [4.69, 9.17) is 9.47 Å². The number of rotatable bonds is 6. The molecule has 140 valence electrons. The van der Waals surface area contributed by atoms with Crippen LogP contribution in [-0.4, -0.2) is 66.0 Å². The molecule has 1 aromatic heterocycles. The number of ether oxygens (including phenoxy) is 2. The summed E-state index contributed by atoms with van der Waals surface area (Å²) in [5.41, 5.74) is 1.55. The number of anilines is 1. The summed E-state index contributed by atoms with van der Waals surface area (Å²) in [6.45, 7) is 6.11. The number of nitrogens with zero attached hydrogens (tertiary/aromatic N) is 5. The van der Waals surface area contributed by atoms with E-state index in [9.17, 15) is 4.79 Å². The molecule has 26 heavy (non-hydrogen) atoms. The van der Waals surface area contributed by atoms with Gasteiger partial charge in [0.05, 0.1) is 32.6 Å². The molecule has 0 radical (unpaired) electrons. The lowest BCUT2D eigenvalue weighted by Crippen LogP contribution is -2.36. The van der Waals surface area contributed by atoms with E-state index >= 15 is 0 Å². The molecule has 1 aliphatic heterocycles. The molecule has 8 heteroatoms. The zero-order valence-corrected chi connectivity index (χ0v) is 15.5. The van der Waals surface area contributed by atoms with E-state index in [2.05, 4.69) is 15.1 Å². The molecule has 8 nitrogen and oxygen atoms in total. The molecule has 3 rings (SSSR count). The van der Waals surface area contributed by atoms with Gasteiger partial charge in [0.1, 0.15) is 12.1 Å². The first-order chi connectivity index (χ1) is 12.6. The van der Waals surface area contributed by atoms with Crippen molar-refractivity contribution in [2.24, 2.45) is 0 Å². The zero-order chi connectivity index (χ0) is 18.5. The van der Waals surface area contributed by atoms with Crippen molar-refractivity contribution in [2.45, 2.75) is 20.0 Å². The van der Waals surface area contributed by atoms with Crippen molar-refractivity contribution in [1.29, 1.82) is 0 Å². The van der Waals surface area contributed by atoms with Crippen LogP contribution in [0.4, 0.5) is 5.69 Å². The summed E-state index contributed by atoms with van der Waals surface area (Å²) in [5.74, 6) is 1.47. The number of hydrogen-bond donors (Lipinski definition) is 0. The Kier molecular flexibility index (Phi) is 5.72. The fourth-order valence-corrected chi connectivity index (χ4v) is 3.04. The van der Waals surface area contributed by atoms with E-state index in [0.717, 1.165) is 36.9 Å². The lowest BCUT2D eigenvalue weighted by atomic mass is 10.1. The van der Waals surface area contributed by atoms with Gasteiger partial charge in [-0.3, -0.25) is 4.79 Å². The van der Waals surface area contributed by atoms with Crippen LogP contribution in [0.25, 0.3) is 0 Å². The van der Waals surface area contributed by atoms with Crippen LogP contribution in [0.1, 0.15) is 23.1 Å². The van der Waals surface area contributed by atoms with E-state index in [-0.39, 0.29) is 5.91 Å².